The van der Waals surface area contributed by atoms with Crippen LogP contribution < -0.4 is 15.4 Å². The van der Waals surface area contributed by atoms with Gasteiger partial charge in [0.1, 0.15) is 0 Å². The Bertz CT molecular complexity index is 857. The van der Waals surface area contributed by atoms with E-state index >= 15 is 0 Å². The van der Waals surface area contributed by atoms with Crippen molar-refractivity contribution in [2.24, 2.45) is 0 Å². The number of carbonyl (C=O) groups excluding carboxylic acids is 1. The van der Waals surface area contributed by atoms with Gasteiger partial charge in [0.2, 0.25) is 10.0 Å². The second kappa shape index (κ2) is 8.88. The lowest BCUT2D eigenvalue weighted by atomic mass is 10.1. The van der Waals surface area contributed by atoms with Crippen molar-refractivity contribution in [1.29, 1.82) is 0 Å². The zero-order chi connectivity index (χ0) is 19.2. The van der Waals surface area contributed by atoms with Gasteiger partial charge >= 0.3 is 6.03 Å². The molecule has 2 aromatic carbocycles. The van der Waals surface area contributed by atoms with Gasteiger partial charge in [0, 0.05) is 18.1 Å². The van der Waals surface area contributed by atoms with E-state index in [4.69, 9.17) is 11.6 Å². The van der Waals surface area contributed by atoms with Crippen LogP contribution in [0.3, 0.4) is 0 Å². The number of aliphatic hydroxyl groups is 1. The molecule has 0 saturated heterocycles. The lowest BCUT2D eigenvalue weighted by molar-refractivity contribution is 0.173. The summed E-state index contributed by atoms with van der Waals surface area (Å²) in [5, 5.41) is 15.8. The monoisotopic (exact) mass is 397 g/mol. The Kier molecular flexibility index (Phi) is 6.84. The molecule has 0 radical (unpaired) electrons. The molecular weight excluding hydrogens is 378 g/mol. The largest absolute Gasteiger partial charge is 0.387 e. The summed E-state index contributed by atoms with van der Waals surface area (Å²) in [6.07, 6.45) is 0.194. The lowest BCUT2D eigenvalue weighted by Crippen LogP contribution is -2.37. The zero-order valence-electron chi connectivity index (χ0n) is 14.1. The van der Waals surface area contributed by atoms with Crippen molar-refractivity contribution in [3.63, 3.8) is 0 Å². The molecule has 7 nitrogen and oxygen atoms in total. The van der Waals surface area contributed by atoms with Crippen LogP contribution in [0.2, 0.25) is 5.02 Å². The number of aliphatic hydroxyl groups excluding tert-OH is 1. The second-order valence-corrected chi connectivity index (χ2v) is 7.85. The van der Waals surface area contributed by atoms with E-state index in [9.17, 15) is 18.3 Å². The minimum atomic E-state index is -3.41. The average Bonchev–Trinajstić information content (AvgIpc) is 2.58. The summed E-state index contributed by atoms with van der Waals surface area (Å²) >= 11 is 5.79. The topological polar surface area (TPSA) is 108 Å². The molecule has 0 unspecified atom stereocenters. The highest BCUT2D eigenvalue weighted by Gasteiger charge is 2.11. The maximum Gasteiger partial charge on any atom is 0.315 e. The summed E-state index contributed by atoms with van der Waals surface area (Å²) in [6.45, 7) is 0.151. The van der Waals surface area contributed by atoms with E-state index in [2.05, 4.69) is 15.4 Å². The molecule has 1 atom stereocenters. The first-order valence-electron chi connectivity index (χ1n) is 7.75. The minimum Gasteiger partial charge on any atom is -0.387 e. The smallest absolute Gasteiger partial charge is 0.315 e. The first kappa shape index (κ1) is 20.0. The predicted molar refractivity (Wildman–Crippen MR) is 102 cm³/mol. The molecule has 0 saturated carbocycles. The molecule has 0 aliphatic carbocycles. The molecule has 2 rings (SSSR count). The van der Waals surface area contributed by atoms with Gasteiger partial charge in [0.15, 0.2) is 0 Å². The highest BCUT2D eigenvalue weighted by atomic mass is 35.5. The Hall–Kier alpha value is -2.29. The number of para-hydroxylation sites is 1. The van der Waals surface area contributed by atoms with Gasteiger partial charge in [0.05, 0.1) is 18.0 Å². The van der Waals surface area contributed by atoms with Crippen LogP contribution >= 0.6 is 11.6 Å². The number of hydrogen-bond acceptors (Lipinski definition) is 4. The van der Waals surface area contributed by atoms with Gasteiger partial charge in [-0.2, -0.15) is 0 Å². The van der Waals surface area contributed by atoms with E-state index in [-0.39, 0.29) is 13.1 Å². The second-order valence-electron chi connectivity index (χ2n) is 5.66. The summed E-state index contributed by atoms with van der Waals surface area (Å²) in [6, 6.07) is 13.0. The van der Waals surface area contributed by atoms with E-state index < -0.39 is 22.2 Å². The SMILES string of the molecule is CS(=O)(=O)Nc1ccccc1CNC(=O)NC[C@@H](O)c1ccc(Cl)cc1. The molecule has 4 N–H and O–H groups in total. The van der Waals surface area contributed by atoms with E-state index in [1.807, 2.05) is 0 Å². The summed E-state index contributed by atoms with van der Waals surface area (Å²) in [4.78, 5) is 11.9. The fourth-order valence-electron chi connectivity index (χ4n) is 2.20. The standard InChI is InChI=1S/C17H20ClN3O4S/c1-26(24,25)21-15-5-3-2-4-13(15)10-19-17(23)20-11-16(22)12-6-8-14(18)9-7-12/h2-9,16,21-22H,10-11H2,1H3,(H2,19,20,23)/t16-/m1/s1. The molecule has 0 aromatic heterocycles. The van der Waals surface area contributed by atoms with E-state index in [0.717, 1.165) is 6.26 Å². The summed E-state index contributed by atoms with van der Waals surface area (Å²) in [7, 11) is -3.41. The number of anilines is 1. The molecule has 0 aliphatic rings. The Balaban J connectivity index is 1.86. The zero-order valence-corrected chi connectivity index (χ0v) is 15.6. The Morgan fingerprint density at radius 1 is 1.12 bits per heavy atom. The van der Waals surface area contributed by atoms with Gasteiger partial charge in [-0.3, -0.25) is 4.72 Å². The van der Waals surface area contributed by atoms with Crippen LogP contribution in [0.25, 0.3) is 0 Å². The summed E-state index contributed by atoms with van der Waals surface area (Å²) < 4.78 is 25.2. The molecule has 0 heterocycles. The fourth-order valence-corrected chi connectivity index (χ4v) is 2.93. The number of hydrogen-bond donors (Lipinski definition) is 4. The summed E-state index contributed by atoms with van der Waals surface area (Å²) in [5.74, 6) is 0. The van der Waals surface area contributed by atoms with Crippen molar-refractivity contribution in [1.82, 2.24) is 10.6 Å². The fraction of sp³-hybridized carbons (Fsp3) is 0.235. The van der Waals surface area contributed by atoms with Gasteiger partial charge in [-0.05, 0) is 29.3 Å². The third-order valence-electron chi connectivity index (χ3n) is 3.46. The predicted octanol–water partition coefficient (Wildman–Crippen LogP) is 2.24. The average molecular weight is 398 g/mol. The van der Waals surface area contributed by atoms with Gasteiger partial charge in [0.25, 0.3) is 0 Å². The van der Waals surface area contributed by atoms with E-state index in [0.29, 0.717) is 21.8 Å². The molecule has 9 heteroatoms. The van der Waals surface area contributed by atoms with Gasteiger partial charge in [-0.25, -0.2) is 13.2 Å². The minimum absolute atomic E-state index is 0.0245. The number of carbonyl (C=O) groups is 1. The molecule has 0 bridgehead atoms. The Morgan fingerprint density at radius 3 is 2.42 bits per heavy atom. The first-order chi connectivity index (χ1) is 12.2. The maximum absolute atomic E-state index is 11.9. The molecule has 2 aromatic rings. The van der Waals surface area contributed by atoms with Gasteiger partial charge < -0.3 is 15.7 Å². The molecule has 0 fully saturated rings. The third-order valence-corrected chi connectivity index (χ3v) is 4.31. The number of urea groups is 1. The lowest BCUT2D eigenvalue weighted by Gasteiger charge is -2.14. The van der Waals surface area contributed by atoms with Gasteiger partial charge in [-0.15, -0.1) is 0 Å². The third kappa shape index (κ3) is 6.55. The van der Waals surface area contributed by atoms with Crippen LogP contribution in [0.5, 0.6) is 0 Å². The quantitative estimate of drug-likeness (QED) is 0.574. The van der Waals surface area contributed by atoms with Crippen molar-refractivity contribution in [2.75, 3.05) is 17.5 Å². The van der Waals surface area contributed by atoms with E-state index in [1.165, 1.54) is 0 Å². The van der Waals surface area contributed by atoms with Crippen molar-refractivity contribution >= 4 is 33.3 Å². The molecule has 26 heavy (non-hydrogen) atoms. The normalized spacial score (nSPS) is 12.3. The number of amides is 2. The highest BCUT2D eigenvalue weighted by Crippen LogP contribution is 2.17. The molecule has 2 amide bonds. The van der Waals surface area contributed by atoms with Crippen LogP contribution in [-0.2, 0) is 16.6 Å². The Labute approximate surface area is 157 Å². The number of benzene rings is 2. The number of halogens is 1. The van der Waals surface area contributed by atoms with Crippen LogP contribution in [-0.4, -0.2) is 32.4 Å². The highest BCUT2D eigenvalue weighted by molar-refractivity contribution is 7.92. The van der Waals surface area contributed by atoms with Gasteiger partial charge in [-0.1, -0.05) is 41.9 Å². The number of sulfonamides is 1. The molecular formula is C17H20ClN3O4S. The van der Waals surface area contributed by atoms with Crippen molar-refractivity contribution < 1.29 is 18.3 Å². The first-order valence-corrected chi connectivity index (χ1v) is 10.0. The van der Waals surface area contributed by atoms with Crippen LogP contribution in [0.1, 0.15) is 17.2 Å². The van der Waals surface area contributed by atoms with Crippen LogP contribution in [0.4, 0.5) is 10.5 Å². The summed E-state index contributed by atoms with van der Waals surface area (Å²) in [5.41, 5.74) is 1.65. The van der Waals surface area contributed by atoms with Crippen molar-refractivity contribution in [2.45, 2.75) is 12.6 Å². The van der Waals surface area contributed by atoms with Crippen LogP contribution in [0.15, 0.2) is 48.5 Å². The molecule has 140 valence electrons. The van der Waals surface area contributed by atoms with Crippen LogP contribution in [0, 0.1) is 0 Å². The molecule has 0 aliphatic heterocycles. The molecule has 0 spiro atoms. The maximum atomic E-state index is 11.9. The Morgan fingerprint density at radius 2 is 1.77 bits per heavy atom. The number of rotatable bonds is 7. The van der Waals surface area contributed by atoms with E-state index in [1.54, 1.807) is 48.5 Å². The number of nitrogens with one attached hydrogen (secondary N) is 3. The van der Waals surface area contributed by atoms with Crippen molar-refractivity contribution in [3.05, 3.63) is 64.7 Å². The van der Waals surface area contributed by atoms with Crippen molar-refractivity contribution in [3.8, 4) is 0 Å².